The molecule has 1 fully saturated rings. The number of hydrogen-bond donors (Lipinski definition) is 1. The molecule has 0 atom stereocenters. The summed E-state index contributed by atoms with van der Waals surface area (Å²) in [5, 5.41) is 4.09. The molecule has 25 heavy (non-hydrogen) atoms. The summed E-state index contributed by atoms with van der Waals surface area (Å²) in [6.45, 7) is 3.28. The minimum atomic E-state index is -0.874. The number of rotatable bonds is 3. The van der Waals surface area contributed by atoms with Gasteiger partial charge in [0.15, 0.2) is 0 Å². The van der Waals surface area contributed by atoms with Crippen LogP contribution in [0.15, 0.2) is 11.0 Å². The largest absolute Gasteiger partial charge is 0.479 e. The molecule has 0 spiro atoms. The Morgan fingerprint density at radius 1 is 1.32 bits per heavy atom. The van der Waals surface area contributed by atoms with Crippen molar-refractivity contribution >= 4 is 11.9 Å². The molecule has 134 valence electrons. The topological polar surface area (TPSA) is 96.3 Å². The number of aryl methyl sites for hydroxylation is 2. The van der Waals surface area contributed by atoms with Crippen LogP contribution in [0.1, 0.15) is 16.1 Å². The Balaban J connectivity index is 1.71. The molecule has 1 amide bonds. The molecule has 2 aromatic heterocycles. The Labute approximate surface area is 143 Å². The molecular weight excluding hydrogens is 331 g/mol. The normalized spacial score (nSPS) is 14.7. The number of hydrogen-bond acceptors (Lipinski definition) is 6. The lowest BCUT2D eigenvalue weighted by atomic mass is 10.2. The SMILES string of the molecule is COc1nn(C)cc1C(=O)N1CCN(c2nc(C)c(F)c(=O)[nH]2)CC1. The maximum atomic E-state index is 13.4. The fraction of sp³-hybridized carbons (Fsp3) is 0.467. The van der Waals surface area contributed by atoms with Gasteiger partial charge in [-0.1, -0.05) is 0 Å². The number of H-pyrrole nitrogens is 1. The Morgan fingerprint density at radius 3 is 2.60 bits per heavy atom. The lowest BCUT2D eigenvalue weighted by Gasteiger charge is -2.34. The number of carbonyl (C=O) groups is 1. The van der Waals surface area contributed by atoms with Gasteiger partial charge in [-0.3, -0.25) is 19.3 Å². The van der Waals surface area contributed by atoms with Crippen LogP contribution in [0, 0.1) is 12.7 Å². The van der Waals surface area contributed by atoms with Gasteiger partial charge in [0.05, 0.1) is 12.8 Å². The Kier molecular flexibility index (Phi) is 4.43. The minimum absolute atomic E-state index is 0.0531. The second kappa shape index (κ2) is 6.54. The number of ether oxygens (including phenoxy) is 1. The molecule has 0 aliphatic carbocycles. The molecule has 3 rings (SSSR count). The minimum Gasteiger partial charge on any atom is -0.479 e. The molecule has 10 heteroatoms. The summed E-state index contributed by atoms with van der Waals surface area (Å²) >= 11 is 0. The molecule has 2 aromatic rings. The van der Waals surface area contributed by atoms with E-state index in [1.807, 2.05) is 4.90 Å². The molecule has 0 unspecified atom stereocenters. The van der Waals surface area contributed by atoms with Gasteiger partial charge in [-0.15, -0.1) is 5.10 Å². The first-order valence-corrected chi connectivity index (χ1v) is 7.79. The maximum absolute atomic E-state index is 13.4. The van der Waals surface area contributed by atoms with E-state index in [2.05, 4.69) is 15.1 Å². The highest BCUT2D eigenvalue weighted by Crippen LogP contribution is 2.19. The van der Waals surface area contributed by atoms with Crippen molar-refractivity contribution in [3.05, 3.63) is 33.6 Å². The van der Waals surface area contributed by atoms with Crippen molar-refractivity contribution in [1.82, 2.24) is 24.6 Å². The van der Waals surface area contributed by atoms with Crippen molar-refractivity contribution in [3.63, 3.8) is 0 Å². The zero-order chi connectivity index (χ0) is 18.1. The Hall–Kier alpha value is -2.91. The lowest BCUT2D eigenvalue weighted by Crippen LogP contribution is -2.49. The number of nitrogens with zero attached hydrogens (tertiary/aromatic N) is 5. The molecule has 0 aromatic carbocycles. The van der Waals surface area contributed by atoms with Crippen molar-refractivity contribution < 1.29 is 13.9 Å². The van der Waals surface area contributed by atoms with E-state index in [0.29, 0.717) is 37.7 Å². The standard InChI is InChI=1S/C15H19FN6O3/c1-9-11(16)12(23)18-15(17-9)22-6-4-21(5-7-22)14(24)10-8-20(2)19-13(10)25-3/h8H,4-7H2,1-3H3,(H,17,18,23). The average Bonchev–Trinajstić information content (AvgIpc) is 2.99. The number of anilines is 1. The van der Waals surface area contributed by atoms with E-state index in [1.165, 1.54) is 18.7 Å². The maximum Gasteiger partial charge on any atom is 0.288 e. The highest BCUT2D eigenvalue weighted by Gasteiger charge is 2.27. The number of amides is 1. The van der Waals surface area contributed by atoms with Gasteiger partial charge in [0.1, 0.15) is 5.56 Å². The average molecular weight is 350 g/mol. The van der Waals surface area contributed by atoms with Crippen LogP contribution in [0.3, 0.4) is 0 Å². The highest BCUT2D eigenvalue weighted by atomic mass is 19.1. The number of piperazine rings is 1. The van der Waals surface area contributed by atoms with E-state index in [9.17, 15) is 14.0 Å². The predicted octanol–water partition coefficient (Wildman–Crippen LogP) is -0.0781. The van der Waals surface area contributed by atoms with E-state index < -0.39 is 11.4 Å². The summed E-state index contributed by atoms with van der Waals surface area (Å²) in [6, 6.07) is 0. The third-order valence-electron chi connectivity index (χ3n) is 4.10. The third kappa shape index (κ3) is 3.19. The van der Waals surface area contributed by atoms with Crippen LogP contribution in [-0.4, -0.2) is 63.8 Å². The van der Waals surface area contributed by atoms with Gasteiger partial charge < -0.3 is 14.5 Å². The molecule has 1 N–H and O–H groups in total. The number of aromatic amines is 1. The monoisotopic (exact) mass is 350 g/mol. The summed E-state index contributed by atoms with van der Waals surface area (Å²) in [5.74, 6) is -0.437. The third-order valence-corrected chi connectivity index (χ3v) is 4.10. The van der Waals surface area contributed by atoms with Crippen LogP contribution in [0.2, 0.25) is 0 Å². The second-order valence-electron chi connectivity index (χ2n) is 5.79. The van der Waals surface area contributed by atoms with Crippen molar-refractivity contribution in [2.45, 2.75) is 6.92 Å². The summed E-state index contributed by atoms with van der Waals surface area (Å²) in [6.07, 6.45) is 1.62. The number of nitrogens with one attached hydrogen (secondary N) is 1. The van der Waals surface area contributed by atoms with Crippen LogP contribution in [0.5, 0.6) is 5.88 Å². The van der Waals surface area contributed by atoms with Crippen molar-refractivity contribution in [2.24, 2.45) is 7.05 Å². The van der Waals surface area contributed by atoms with Crippen LogP contribution < -0.4 is 15.2 Å². The first kappa shape index (κ1) is 16.9. The first-order chi connectivity index (χ1) is 11.9. The molecule has 9 nitrogen and oxygen atoms in total. The number of halogens is 1. The van der Waals surface area contributed by atoms with Gasteiger partial charge >= 0.3 is 0 Å². The number of carbonyl (C=O) groups excluding carboxylic acids is 1. The van der Waals surface area contributed by atoms with Crippen molar-refractivity contribution in [1.29, 1.82) is 0 Å². The molecule has 1 saturated heterocycles. The molecular formula is C15H19FN6O3. The Morgan fingerprint density at radius 2 is 2.00 bits per heavy atom. The van der Waals surface area contributed by atoms with E-state index in [4.69, 9.17) is 4.74 Å². The van der Waals surface area contributed by atoms with Gasteiger partial charge in [-0.2, -0.15) is 4.39 Å². The van der Waals surface area contributed by atoms with E-state index >= 15 is 0 Å². The van der Waals surface area contributed by atoms with Crippen molar-refractivity contribution in [3.8, 4) is 5.88 Å². The lowest BCUT2D eigenvalue weighted by molar-refractivity contribution is 0.0742. The van der Waals surface area contributed by atoms with E-state index in [-0.39, 0.29) is 17.5 Å². The van der Waals surface area contributed by atoms with Gasteiger partial charge in [-0.25, -0.2) is 4.98 Å². The van der Waals surface area contributed by atoms with Crippen LogP contribution in [0.4, 0.5) is 10.3 Å². The number of methoxy groups -OCH3 is 1. The van der Waals surface area contributed by atoms with Gasteiger partial charge in [0.2, 0.25) is 17.6 Å². The van der Waals surface area contributed by atoms with Crippen LogP contribution >= 0.6 is 0 Å². The molecule has 0 saturated carbocycles. The molecule has 0 radical (unpaired) electrons. The first-order valence-electron chi connectivity index (χ1n) is 7.79. The summed E-state index contributed by atoms with van der Waals surface area (Å²) in [5.41, 5.74) is -0.332. The van der Waals surface area contributed by atoms with E-state index in [1.54, 1.807) is 18.1 Å². The van der Waals surface area contributed by atoms with E-state index in [0.717, 1.165) is 0 Å². The smallest absolute Gasteiger partial charge is 0.288 e. The zero-order valence-corrected chi connectivity index (χ0v) is 14.2. The summed E-state index contributed by atoms with van der Waals surface area (Å²) in [4.78, 5) is 34.2. The fourth-order valence-electron chi connectivity index (χ4n) is 2.76. The van der Waals surface area contributed by atoms with Gasteiger partial charge in [0.25, 0.3) is 11.5 Å². The van der Waals surface area contributed by atoms with Crippen LogP contribution in [0.25, 0.3) is 0 Å². The summed E-state index contributed by atoms with van der Waals surface area (Å²) < 4.78 is 20.1. The number of aromatic nitrogens is 4. The summed E-state index contributed by atoms with van der Waals surface area (Å²) in [7, 11) is 3.19. The zero-order valence-electron chi connectivity index (χ0n) is 14.2. The highest BCUT2D eigenvalue weighted by molar-refractivity contribution is 5.96. The molecule has 0 bridgehead atoms. The molecule has 1 aliphatic rings. The van der Waals surface area contributed by atoms with Gasteiger partial charge in [0, 0.05) is 39.4 Å². The quantitative estimate of drug-likeness (QED) is 0.832. The van der Waals surface area contributed by atoms with Crippen LogP contribution in [-0.2, 0) is 7.05 Å². The Bertz CT molecular complexity index is 853. The predicted molar refractivity (Wildman–Crippen MR) is 87.4 cm³/mol. The molecule has 3 heterocycles. The van der Waals surface area contributed by atoms with Crippen molar-refractivity contribution in [2.75, 3.05) is 38.2 Å². The molecule has 1 aliphatic heterocycles. The second-order valence-corrected chi connectivity index (χ2v) is 5.79. The van der Waals surface area contributed by atoms with Gasteiger partial charge in [-0.05, 0) is 6.92 Å². The fourth-order valence-corrected chi connectivity index (χ4v) is 2.76.